The first-order valence-corrected chi connectivity index (χ1v) is 9.20. The van der Waals surface area contributed by atoms with Crippen LogP contribution >= 0.6 is 0 Å². The van der Waals surface area contributed by atoms with Crippen molar-refractivity contribution in [2.24, 2.45) is 0 Å². The van der Waals surface area contributed by atoms with Crippen molar-refractivity contribution in [3.63, 3.8) is 0 Å². The van der Waals surface area contributed by atoms with Crippen LogP contribution in [0.4, 0.5) is 0 Å². The fourth-order valence-corrected chi connectivity index (χ4v) is 4.17. The zero-order chi connectivity index (χ0) is 18.4. The molecule has 0 bridgehead atoms. The van der Waals surface area contributed by atoms with Gasteiger partial charge in [-0.2, -0.15) is 5.10 Å². The topological polar surface area (TPSA) is 58.4 Å². The fourth-order valence-electron chi connectivity index (χ4n) is 4.17. The van der Waals surface area contributed by atoms with Crippen LogP contribution in [0.2, 0.25) is 0 Å². The van der Waals surface area contributed by atoms with E-state index in [4.69, 9.17) is 0 Å². The lowest BCUT2D eigenvalue weighted by atomic mass is 10.0. The lowest BCUT2D eigenvalue weighted by Gasteiger charge is -2.41. The Hall–Kier alpha value is -2.63. The molecule has 26 heavy (non-hydrogen) atoms. The van der Waals surface area contributed by atoms with E-state index in [-0.39, 0.29) is 17.9 Å². The van der Waals surface area contributed by atoms with Crippen LogP contribution in [-0.2, 0) is 16.1 Å². The number of hydrogen-bond acceptors (Lipinski definition) is 3. The molecule has 0 radical (unpaired) electrons. The Morgan fingerprint density at radius 3 is 2.65 bits per heavy atom. The first-order valence-electron chi connectivity index (χ1n) is 9.20. The number of hydrogen-bond donors (Lipinski definition) is 0. The van der Waals surface area contributed by atoms with Gasteiger partial charge in [-0.15, -0.1) is 0 Å². The van der Waals surface area contributed by atoms with Crippen molar-refractivity contribution in [3.8, 4) is 5.69 Å². The van der Waals surface area contributed by atoms with E-state index in [1.54, 1.807) is 9.80 Å². The third-order valence-corrected chi connectivity index (χ3v) is 5.50. The predicted octanol–water partition coefficient (Wildman–Crippen LogP) is 2.21. The van der Waals surface area contributed by atoms with Crippen molar-refractivity contribution in [1.82, 2.24) is 19.6 Å². The summed E-state index contributed by atoms with van der Waals surface area (Å²) in [5.41, 5.74) is 3.96. The van der Waals surface area contributed by atoms with Gasteiger partial charge in [0.15, 0.2) is 0 Å². The van der Waals surface area contributed by atoms with Gasteiger partial charge in [0.05, 0.1) is 11.4 Å². The molecule has 0 unspecified atom stereocenters. The molecule has 2 atom stereocenters. The van der Waals surface area contributed by atoms with E-state index in [0.29, 0.717) is 13.1 Å². The highest BCUT2D eigenvalue weighted by atomic mass is 16.2. The van der Waals surface area contributed by atoms with Crippen molar-refractivity contribution < 1.29 is 9.59 Å². The zero-order valence-corrected chi connectivity index (χ0v) is 15.5. The van der Waals surface area contributed by atoms with Crippen LogP contribution in [0.15, 0.2) is 30.3 Å². The Balaban J connectivity index is 1.68. The summed E-state index contributed by atoms with van der Waals surface area (Å²) in [6, 6.07) is 9.29. The minimum Gasteiger partial charge on any atom is -0.329 e. The second-order valence-corrected chi connectivity index (χ2v) is 7.30. The van der Waals surface area contributed by atoms with Crippen LogP contribution in [0.3, 0.4) is 0 Å². The summed E-state index contributed by atoms with van der Waals surface area (Å²) in [5, 5.41) is 4.58. The molecule has 3 heterocycles. The molecule has 136 valence electrons. The Morgan fingerprint density at radius 1 is 1.15 bits per heavy atom. The normalized spacial score (nSPS) is 22.9. The van der Waals surface area contributed by atoms with Crippen molar-refractivity contribution in [3.05, 3.63) is 47.3 Å². The first-order chi connectivity index (χ1) is 12.5. The molecule has 2 fully saturated rings. The molecular weight excluding hydrogens is 328 g/mol. The molecule has 2 aliphatic heterocycles. The standard InChI is InChI=1S/C20H24N4O2/c1-13-11-14(2)24(21-13)17-8-5-4-7-16(17)12-23-15(3)19(25)22-10-6-9-18(22)20(23)26/h4-5,7-8,11,15,18H,6,9-10,12H2,1-3H3/t15-,18-/m0/s1. The minimum atomic E-state index is -0.426. The number of aryl methyl sites for hydroxylation is 2. The summed E-state index contributed by atoms with van der Waals surface area (Å²) >= 11 is 0. The molecule has 2 amide bonds. The van der Waals surface area contributed by atoms with Gasteiger partial charge in [-0.3, -0.25) is 9.59 Å². The summed E-state index contributed by atoms with van der Waals surface area (Å²) < 4.78 is 1.91. The number of amides is 2. The molecule has 1 aromatic carbocycles. The number of fused-ring (bicyclic) bond motifs is 1. The Kier molecular flexibility index (Phi) is 4.05. The third-order valence-electron chi connectivity index (χ3n) is 5.50. The minimum absolute atomic E-state index is 0.0655. The highest BCUT2D eigenvalue weighted by Gasteiger charge is 2.45. The second-order valence-electron chi connectivity index (χ2n) is 7.30. The number of para-hydroxylation sites is 1. The van der Waals surface area contributed by atoms with E-state index in [9.17, 15) is 9.59 Å². The van der Waals surface area contributed by atoms with Crippen molar-refractivity contribution in [2.75, 3.05) is 6.54 Å². The van der Waals surface area contributed by atoms with Crippen LogP contribution in [0.25, 0.3) is 5.69 Å². The molecule has 6 nitrogen and oxygen atoms in total. The molecule has 1 aromatic heterocycles. The molecule has 0 N–H and O–H groups in total. The maximum absolute atomic E-state index is 13.0. The quantitative estimate of drug-likeness (QED) is 0.851. The molecule has 0 spiro atoms. The van der Waals surface area contributed by atoms with Crippen LogP contribution in [-0.4, -0.2) is 50.0 Å². The van der Waals surface area contributed by atoms with Gasteiger partial charge in [-0.25, -0.2) is 4.68 Å². The van der Waals surface area contributed by atoms with E-state index >= 15 is 0 Å². The smallest absolute Gasteiger partial charge is 0.246 e. The molecule has 6 heteroatoms. The number of carbonyl (C=O) groups is 2. The molecule has 2 aliphatic rings. The maximum atomic E-state index is 13.0. The van der Waals surface area contributed by atoms with Gasteiger partial charge in [-0.1, -0.05) is 18.2 Å². The highest BCUT2D eigenvalue weighted by Crippen LogP contribution is 2.29. The zero-order valence-electron chi connectivity index (χ0n) is 15.5. The third kappa shape index (κ3) is 2.60. The van der Waals surface area contributed by atoms with Crippen molar-refractivity contribution in [1.29, 1.82) is 0 Å². The van der Waals surface area contributed by atoms with Crippen molar-refractivity contribution >= 4 is 11.8 Å². The molecule has 4 rings (SSSR count). The van der Waals surface area contributed by atoms with Gasteiger partial charge in [0.25, 0.3) is 0 Å². The van der Waals surface area contributed by atoms with Crippen LogP contribution in [0, 0.1) is 13.8 Å². The number of nitrogens with zero attached hydrogens (tertiary/aromatic N) is 4. The molecule has 2 saturated heterocycles. The summed E-state index contributed by atoms with van der Waals surface area (Å²) in [6.45, 7) is 6.95. The van der Waals surface area contributed by atoms with Gasteiger partial charge >= 0.3 is 0 Å². The van der Waals surface area contributed by atoms with Crippen LogP contribution < -0.4 is 0 Å². The molecule has 2 aromatic rings. The largest absolute Gasteiger partial charge is 0.329 e. The number of carbonyl (C=O) groups excluding carboxylic acids is 2. The fraction of sp³-hybridized carbons (Fsp3) is 0.450. The molecular formula is C20H24N4O2. The Bertz CT molecular complexity index is 872. The van der Waals surface area contributed by atoms with E-state index in [1.165, 1.54) is 0 Å². The number of piperazine rings is 1. The second kappa shape index (κ2) is 6.27. The average molecular weight is 352 g/mol. The van der Waals surface area contributed by atoms with E-state index < -0.39 is 6.04 Å². The Labute approximate surface area is 153 Å². The van der Waals surface area contributed by atoms with E-state index in [0.717, 1.165) is 35.5 Å². The molecule has 0 aliphatic carbocycles. The summed E-state index contributed by atoms with van der Waals surface area (Å²) in [5.74, 6) is 0.133. The lowest BCUT2D eigenvalue weighted by Crippen LogP contribution is -2.61. The van der Waals surface area contributed by atoms with Gasteiger partial charge in [-0.05, 0) is 51.3 Å². The van der Waals surface area contributed by atoms with Crippen molar-refractivity contribution in [2.45, 2.75) is 52.2 Å². The van der Waals surface area contributed by atoms with Crippen LogP contribution in [0.5, 0.6) is 0 Å². The molecule has 0 saturated carbocycles. The number of aromatic nitrogens is 2. The first kappa shape index (κ1) is 16.8. The average Bonchev–Trinajstić information content (AvgIpc) is 3.24. The SMILES string of the molecule is Cc1cc(C)n(-c2ccccc2CN2C(=O)[C@@H]3CCCN3C(=O)[C@@H]2C)n1. The summed E-state index contributed by atoms with van der Waals surface area (Å²) in [6.07, 6.45) is 1.68. The predicted molar refractivity (Wildman–Crippen MR) is 97.8 cm³/mol. The van der Waals surface area contributed by atoms with Crippen LogP contribution in [0.1, 0.15) is 36.7 Å². The monoisotopic (exact) mass is 352 g/mol. The number of benzene rings is 1. The van der Waals surface area contributed by atoms with E-state index in [2.05, 4.69) is 5.10 Å². The van der Waals surface area contributed by atoms with E-state index in [1.807, 2.05) is 55.8 Å². The highest BCUT2D eigenvalue weighted by molar-refractivity contribution is 5.97. The summed E-state index contributed by atoms with van der Waals surface area (Å²) in [4.78, 5) is 29.2. The lowest BCUT2D eigenvalue weighted by molar-refractivity contribution is -0.159. The maximum Gasteiger partial charge on any atom is 0.246 e. The van der Waals surface area contributed by atoms with Gasteiger partial charge in [0, 0.05) is 18.8 Å². The summed E-state index contributed by atoms with van der Waals surface area (Å²) in [7, 11) is 0. The number of rotatable bonds is 3. The van der Waals surface area contributed by atoms with Gasteiger partial charge in [0.2, 0.25) is 11.8 Å². The van der Waals surface area contributed by atoms with Gasteiger partial charge < -0.3 is 9.80 Å². The Morgan fingerprint density at radius 2 is 1.92 bits per heavy atom. The van der Waals surface area contributed by atoms with Gasteiger partial charge in [0.1, 0.15) is 12.1 Å².